The molecule has 6 heteroatoms. The van der Waals surface area contributed by atoms with Gasteiger partial charge in [-0.2, -0.15) is 0 Å². The first-order valence-corrected chi connectivity index (χ1v) is 7.02. The number of hydrogen-bond acceptors (Lipinski definition) is 5. The largest absolute Gasteiger partial charge is 0.479 e. The monoisotopic (exact) mass is 310 g/mol. The van der Waals surface area contributed by atoms with E-state index in [9.17, 15) is 10.1 Å². The first-order valence-electron chi connectivity index (χ1n) is 7.02. The number of aromatic nitrogens is 1. The third kappa shape index (κ3) is 3.37. The summed E-state index contributed by atoms with van der Waals surface area (Å²) < 4.78 is 10.7. The van der Waals surface area contributed by atoms with E-state index >= 15 is 0 Å². The Kier molecular flexibility index (Phi) is 4.05. The van der Waals surface area contributed by atoms with Crippen LogP contribution in [-0.4, -0.2) is 10.1 Å². The van der Waals surface area contributed by atoms with E-state index in [-0.39, 0.29) is 18.0 Å². The molecule has 0 N–H and O–H groups in total. The molecule has 23 heavy (non-hydrogen) atoms. The Morgan fingerprint density at radius 1 is 1.17 bits per heavy atom. The fraction of sp³-hybridized carbons (Fsp3) is 0.118. The molecule has 0 radical (unpaired) electrons. The lowest BCUT2D eigenvalue weighted by molar-refractivity contribution is -0.386. The van der Waals surface area contributed by atoms with Crippen molar-refractivity contribution >= 4 is 5.69 Å². The number of hydrogen-bond donors (Lipinski definition) is 0. The van der Waals surface area contributed by atoms with Crippen LogP contribution in [0.4, 0.5) is 5.69 Å². The smallest absolute Gasteiger partial charge is 0.310 e. The number of nitro groups is 1. The summed E-state index contributed by atoms with van der Waals surface area (Å²) in [5.74, 6) is 0.699. The van der Waals surface area contributed by atoms with Gasteiger partial charge >= 0.3 is 5.69 Å². The molecule has 0 aliphatic rings. The molecule has 0 unspecified atom stereocenters. The highest BCUT2D eigenvalue weighted by atomic mass is 16.6. The topological polar surface area (TPSA) is 78.4 Å². The third-order valence-corrected chi connectivity index (χ3v) is 3.34. The second kappa shape index (κ2) is 6.31. The van der Waals surface area contributed by atoms with Crippen LogP contribution in [0.3, 0.4) is 0 Å². The van der Waals surface area contributed by atoms with Crippen LogP contribution in [0, 0.1) is 17.0 Å². The van der Waals surface area contributed by atoms with Crippen molar-refractivity contribution in [3.63, 3.8) is 0 Å². The van der Waals surface area contributed by atoms with E-state index in [1.165, 1.54) is 6.07 Å². The summed E-state index contributed by atoms with van der Waals surface area (Å²) in [5.41, 5.74) is 2.73. The Bertz CT molecular complexity index is 825. The maximum Gasteiger partial charge on any atom is 0.310 e. The number of benzene rings is 2. The van der Waals surface area contributed by atoms with Gasteiger partial charge in [-0.1, -0.05) is 47.1 Å². The standard InChI is InChI=1S/C17H14N2O4/c1-12-6-8-13(9-7-12)15-10-14(23-18-15)11-22-17-5-3-2-4-16(17)19(20)21/h2-10H,11H2,1H3. The Morgan fingerprint density at radius 2 is 1.91 bits per heavy atom. The minimum absolute atomic E-state index is 0.0731. The van der Waals surface area contributed by atoms with Crippen molar-refractivity contribution in [2.45, 2.75) is 13.5 Å². The lowest BCUT2D eigenvalue weighted by Gasteiger charge is -2.03. The molecule has 3 rings (SSSR count). The lowest BCUT2D eigenvalue weighted by Crippen LogP contribution is -1.97. The molecule has 0 atom stereocenters. The molecule has 0 fully saturated rings. The number of aryl methyl sites for hydroxylation is 1. The predicted molar refractivity (Wildman–Crippen MR) is 84.1 cm³/mol. The Morgan fingerprint density at radius 3 is 2.65 bits per heavy atom. The maximum atomic E-state index is 10.9. The summed E-state index contributed by atoms with van der Waals surface area (Å²) in [6.07, 6.45) is 0. The summed E-state index contributed by atoms with van der Waals surface area (Å²) in [6, 6.07) is 15.9. The quantitative estimate of drug-likeness (QED) is 0.523. The van der Waals surface area contributed by atoms with E-state index < -0.39 is 4.92 Å². The van der Waals surface area contributed by atoms with Gasteiger partial charge in [-0.25, -0.2) is 0 Å². The van der Waals surface area contributed by atoms with E-state index in [0.29, 0.717) is 11.5 Å². The molecule has 0 saturated heterocycles. The van der Waals surface area contributed by atoms with E-state index in [1.807, 2.05) is 31.2 Å². The summed E-state index contributed by atoms with van der Waals surface area (Å²) in [5, 5.41) is 14.9. The zero-order chi connectivity index (χ0) is 16.2. The van der Waals surface area contributed by atoms with Gasteiger partial charge < -0.3 is 9.26 Å². The first kappa shape index (κ1) is 14.8. The summed E-state index contributed by atoms with van der Waals surface area (Å²) in [4.78, 5) is 10.5. The van der Waals surface area contributed by atoms with Gasteiger partial charge in [0.1, 0.15) is 12.3 Å². The SMILES string of the molecule is Cc1ccc(-c2cc(COc3ccccc3[N+](=O)[O-])on2)cc1. The van der Waals surface area contributed by atoms with Crippen LogP contribution < -0.4 is 4.74 Å². The number of nitro benzene ring substituents is 1. The fourth-order valence-electron chi connectivity index (χ4n) is 2.12. The van der Waals surface area contributed by atoms with Crippen molar-refractivity contribution in [2.24, 2.45) is 0 Å². The highest BCUT2D eigenvalue weighted by Gasteiger charge is 2.15. The zero-order valence-electron chi connectivity index (χ0n) is 12.4. The predicted octanol–water partition coefficient (Wildman–Crippen LogP) is 4.14. The second-order valence-electron chi connectivity index (χ2n) is 5.06. The van der Waals surface area contributed by atoms with Crippen molar-refractivity contribution in [3.8, 4) is 17.0 Å². The molecule has 0 aliphatic heterocycles. The lowest BCUT2D eigenvalue weighted by atomic mass is 10.1. The first-order chi connectivity index (χ1) is 11.1. The minimum Gasteiger partial charge on any atom is -0.479 e. The summed E-state index contributed by atoms with van der Waals surface area (Å²) in [7, 11) is 0. The van der Waals surface area contributed by atoms with Gasteiger partial charge in [0.25, 0.3) is 0 Å². The van der Waals surface area contributed by atoms with E-state index in [4.69, 9.17) is 9.26 Å². The molecule has 116 valence electrons. The molecule has 2 aromatic carbocycles. The average molecular weight is 310 g/mol. The van der Waals surface area contributed by atoms with Crippen molar-refractivity contribution < 1.29 is 14.2 Å². The molecule has 6 nitrogen and oxygen atoms in total. The van der Waals surface area contributed by atoms with Gasteiger partial charge in [0.05, 0.1) is 4.92 Å². The van der Waals surface area contributed by atoms with Crippen LogP contribution in [0.5, 0.6) is 5.75 Å². The third-order valence-electron chi connectivity index (χ3n) is 3.34. The minimum atomic E-state index is -0.479. The molecule has 1 heterocycles. The van der Waals surface area contributed by atoms with Gasteiger partial charge in [-0.05, 0) is 13.0 Å². The normalized spacial score (nSPS) is 10.5. The Balaban J connectivity index is 1.73. The molecule has 0 saturated carbocycles. The van der Waals surface area contributed by atoms with Crippen LogP contribution in [0.25, 0.3) is 11.3 Å². The fourth-order valence-corrected chi connectivity index (χ4v) is 2.12. The van der Waals surface area contributed by atoms with E-state index in [0.717, 1.165) is 11.1 Å². The molecule has 0 aliphatic carbocycles. The van der Waals surface area contributed by atoms with Gasteiger partial charge in [0.2, 0.25) is 0 Å². The molecule has 0 amide bonds. The van der Waals surface area contributed by atoms with Crippen molar-refractivity contribution in [2.75, 3.05) is 0 Å². The molecule has 0 bridgehead atoms. The number of para-hydroxylation sites is 2. The Hall–Kier alpha value is -3.15. The van der Waals surface area contributed by atoms with Gasteiger partial charge in [0.15, 0.2) is 11.5 Å². The van der Waals surface area contributed by atoms with Crippen molar-refractivity contribution in [1.82, 2.24) is 5.16 Å². The summed E-state index contributed by atoms with van der Waals surface area (Å²) >= 11 is 0. The molecule has 3 aromatic rings. The highest BCUT2D eigenvalue weighted by Crippen LogP contribution is 2.27. The molecule has 1 aromatic heterocycles. The number of ether oxygens (including phenoxy) is 1. The van der Waals surface area contributed by atoms with Crippen molar-refractivity contribution in [3.05, 3.63) is 76.0 Å². The van der Waals surface area contributed by atoms with Crippen LogP contribution in [0.2, 0.25) is 0 Å². The molecular formula is C17H14N2O4. The zero-order valence-corrected chi connectivity index (χ0v) is 12.4. The van der Waals surface area contributed by atoms with Crippen LogP contribution >= 0.6 is 0 Å². The highest BCUT2D eigenvalue weighted by molar-refractivity contribution is 5.59. The second-order valence-corrected chi connectivity index (χ2v) is 5.06. The van der Waals surface area contributed by atoms with Gasteiger partial charge in [-0.3, -0.25) is 10.1 Å². The maximum absolute atomic E-state index is 10.9. The molecule has 0 spiro atoms. The van der Waals surface area contributed by atoms with Gasteiger partial charge in [-0.15, -0.1) is 0 Å². The van der Waals surface area contributed by atoms with E-state index in [1.54, 1.807) is 24.3 Å². The Labute approximate surface area is 132 Å². The van der Waals surface area contributed by atoms with Crippen molar-refractivity contribution in [1.29, 1.82) is 0 Å². The summed E-state index contributed by atoms with van der Waals surface area (Å²) in [6.45, 7) is 2.09. The van der Waals surface area contributed by atoms with Crippen LogP contribution in [-0.2, 0) is 6.61 Å². The average Bonchev–Trinajstić information content (AvgIpc) is 3.03. The molecular weight excluding hydrogens is 296 g/mol. The van der Waals surface area contributed by atoms with Crippen LogP contribution in [0.1, 0.15) is 11.3 Å². The number of rotatable bonds is 5. The number of nitrogens with zero attached hydrogens (tertiary/aromatic N) is 2. The van der Waals surface area contributed by atoms with E-state index in [2.05, 4.69) is 5.16 Å². The van der Waals surface area contributed by atoms with Gasteiger partial charge in [0, 0.05) is 17.7 Å². The van der Waals surface area contributed by atoms with Crippen LogP contribution in [0.15, 0.2) is 59.1 Å².